The first-order valence-electron chi connectivity index (χ1n) is 8.67. The van der Waals surface area contributed by atoms with Crippen LogP contribution in [0.1, 0.15) is 36.7 Å². The number of hydrogen-bond acceptors (Lipinski definition) is 3. The lowest BCUT2D eigenvalue weighted by Gasteiger charge is -2.30. The minimum atomic E-state index is 0.756. The Morgan fingerprint density at radius 3 is 2.74 bits per heavy atom. The molecule has 0 aliphatic carbocycles. The highest BCUT2D eigenvalue weighted by molar-refractivity contribution is 5.79. The van der Waals surface area contributed by atoms with Crippen LogP contribution in [-0.2, 0) is 13.6 Å². The fraction of sp³-hybridized carbons (Fsp3) is 0.765. The molecule has 0 amide bonds. The van der Waals surface area contributed by atoms with Gasteiger partial charge in [0.1, 0.15) is 0 Å². The Kier molecular flexibility index (Phi) is 6.45. The molecule has 1 saturated heterocycles. The van der Waals surface area contributed by atoms with Crippen LogP contribution in [0.25, 0.3) is 0 Å². The quantitative estimate of drug-likeness (QED) is 0.637. The summed E-state index contributed by atoms with van der Waals surface area (Å²) in [5.74, 6) is 1.69. The first-order chi connectivity index (χ1) is 11.0. The molecule has 6 heteroatoms. The molecule has 6 nitrogen and oxygen atoms in total. The van der Waals surface area contributed by atoms with Crippen LogP contribution in [0.15, 0.2) is 4.99 Å². The van der Waals surface area contributed by atoms with Crippen molar-refractivity contribution in [2.24, 2.45) is 18.0 Å². The summed E-state index contributed by atoms with van der Waals surface area (Å²) in [6, 6.07) is 0. The number of aromatic nitrogens is 2. The molecular formula is C17H32N6. The van der Waals surface area contributed by atoms with Gasteiger partial charge in [0.15, 0.2) is 5.96 Å². The van der Waals surface area contributed by atoms with Gasteiger partial charge in [0.25, 0.3) is 0 Å². The van der Waals surface area contributed by atoms with Crippen molar-refractivity contribution in [3.63, 3.8) is 0 Å². The SMILES string of the molecule is CN=C(NCCN1CCCC(C)C1)NCc1c(C)nn(C)c1C. The van der Waals surface area contributed by atoms with Gasteiger partial charge in [0, 0.05) is 51.5 Å². The summed E-state index contributed by atoms with van der Waals surface area (Å²) in [7, 11) is 3.81. The van der Waals surface area contributed by atoms with Crippen LogP contribution >= 0.6 is 0 Å². The van der Waals surface area contributed by atoms with E-state index < -0.39 is 0 Å². The molecule has 1 fully saturated rings. The highest BCUT2D eigenvalue weighted by atomic mass is 15.3. The highest BCUT2D eigenvalue weighted by Crippen LogP contribution is 2.14. The van der Waals surface area contributed by atoms with Crippen LogP contribution in [0.3, 0.4) is 0 Å². The second-order valence-electron chi connectivity index (χ2n) is 6.67. The van der Waals surface area contributed by atoms with E-state index in [0.717, 1.165) is 37.2 Å². The zero-order valence-corrected chi connectivity index (χ0v) is 15.3. The first kappa shape index (κ1) is 17.8. The maximum absolute atomic E-state index is 4.45. The van der Waals surface area contributed by atoms with E-state index in [0.29, 0.717) is 0 Å². The van der Waals surface area contributed by atoms with Crippen LogP contribution in [-0.4, -0.2) is 53.9 Å². The normalized spacial score (nSPS) is 19.9. The van der Waals surface area contributed by atoms with E-state index in [1.165, 1.54) is 37.2 Å². The van der Waals surface area contributed by atoms with Crippen molar-refractivity contribution in [1.82, 2.24) is 25.3 Å². The molecule has 1 aliphatic rings. The third-order valence-electron chi connectivity index (χ3n) is 4.78. The molecule has 0 bridgehead atoms. The van der Waals surface area contributed by atoms with E-state index in [-0.39, 0.29) is 0 Å². The lowest BCUT2D eigenvalue weighted by molar-refractivity contribution is 0.187. The van der Waals surface area contributed by atoms with Gasteiger partial charge in [0.05, 0.1) is 5.69 Å². The summed E-state index contributed by atoms with van der Waals surface area (Å²) >= 11 is 0. The molecule has 2 N–H and O–H groups in total. The van der Waals surface area contributed by atoms with Crippen LogP contribution < -0.4 is 10.6 Å². The summed E-state index contributed by atoms with van der Waals surface area (Å²) in [6.07, 6.45) is 2.70. The number of hydrogen-bond donors (Lipinski definition) is 2. The van der Waals surface area contributed by atoms with Crippen LogP contribution in [0.4, 0.5) is 0 Å². The topological polar surface area (TPSA) is 57.5 Å². The zero-order chi connectivity index (χ0) is 16.8. The molecule has 1 aliphatic heterocycles. The van der Waals surface area contributed by atoms with Crippen molar-refractivity contribution in [2.45, 2.75) is 40.2 Å². The van der Waals surface area contributed by atoms with Gasteiger partial charge in [-0.15, -0.1) is 0 Å². The summed E-state index contributed by atoms with van der Waals surface area (Å²) in [5.41, 5.74) is 3.53. The number of aryl methyl sites for hydroxylation is 2. The van der Waals surface area contributed by atoms with Gasteiger partial charge in [0.2, 0.25) is 0 Å². The average molecular weight is 320 g/mol. The Morgan fingerprint density at radius 1 is 1.35 bits per heavy atom. The summed E-state index contributed by atoms with van der Waals surface area (Å²) < 4.78 is 1.93. The molecule has 0 radical (unpaired) electrons. The Labute approximate surface area is 140 Å². The van der Waals surface area contributed by atoms with Crippen LogP contribution in [0.5, 0.6) is 0 Å². The molecular weight excluding hydrogens is 288 g/mol. The van der Waals surface area contributed by atoms with Gasteiger partial charge >= 0.3 is 0 Å². The van der Waals surface area contributed by atoms with Gasteiger partial charge in [-0.2, -0.15) is 5.10 Å². The van der Waals surface area contributed by atoms with Crippen LogP contribution in [0, 0.1) is 19.8 Å². The number of piperidine rings is 1. The van der Waals surface area contributed by atoms with E-state index in [9.17, 15) is 0 Å². The van der Waals surface area contributed by atoms with Crippen molar-refractivity contribution in [3.05, 3.63) is 17.0 Å². The number of nitrogens with one attached hydrogen (secondary N) is 2. The first-order valence-corrected chi connectivity index (χ1v) is 8.67. The van der Waals surface area contributed by atoms with E-state index in [2.05, 4.69) is 46.4 Å². The second kappa shape index (κ2) is 8.34. The average Bonchev–Trinajstić information content (AvgIpc) is 2.76. The van der Waals surface area contributed by atoms with Gasteiger partial charge in [-0.25, -0.2) is 0 Å². The summed E-state index contributed by atoms with van der Waals surface area (Å²) in [6.45, 7) is 11.7. The fourth-order valence-corrected chi connectivity index (χ4v) is 3.29. The van der Waals surface area contributed by atoms with Crippen LogP contribution in [0.2, 0.25) is 0 Å². The molecule has 0 saturated carbocycles. The van der Waals surface area contributed by atoms with Crippen molar-refractivity contribution in [2.75, 3.05) is 33.2 Å². The lowest BCUT2D eigenvalue weighted by Crippen LogP contribution is -2.43. The molecule has 0 aromatic carbocycles. The molecule has 1 aromatic heterocycles. The predicted octanol–water partition coefficient (Wildman–Crippen LogP) is 1.43. The third kappa shape index (κ3) is 4.96. The largest absolute Gasteiger partial charge is 0.355 e. The molecule has 130 valence electrons. The monoisotopic (exact) mass is 320 g/mol. The minimum absolute atomic E-state index is 0.756. The molecule has 1 atom stereocenters. The molecule has 2 rings (SSSR count). The maximum Gasteiger partial charge on any atom is 0.191 e. The van der Waals surface area contributed by atoms with Gasteiger partial charge < -0.3 is 15.5 Å². The number of nitrogens with zero attached hydrogens (tertiary/aromatic N) is 4. The summed E-state index contributed by atoms with van der Waals surface area (Å²) in [5, 5.41) is 11.3. The smallest absolute Gasteiger partial charge is 0.191 e. The van der Waals surface area contributed by atoms with E-state index >= 15 is 0 Å². The molecule has 23 heavy (non-hydrogen) atoms. The Morgan fingerprint density at radius 2 is 2.13 bits per heavy atom. The molecule has 2 heterocycles. The third-order valence-corrected chi connectivity index (χ3v) is 4.78. The van der Waals surface area contributed by atoms with Gasteiger partial charge in [-0.1, -0.05) is 6.92 Å². The van der Waals surface area contributed by atoms with E-state index in [1.807, 2.05) is 18.8 Å². The Bertz CT molecular complexity index is 533. The highest BCUT2D eigenvalue weighted by Gasteiger charge is 2.15. The standard InChI is InChI=1S/C17H32N6/c1-13-7-6-9-23(12-13)10-8-19-17(18-4)20-11-16-14(2)21-22(5)15(16)3/h13H,6-12H2,1-5H3,(H2,18,19,20). The van der Waals surface area contributed by atoms with Crippen molar-refractivity contribution >= 4 is 5.96 Å². The lowest BCUT2D eigenvalue weighted by atomic mass is 10.0. The second-order valence-corrected chi connectivity index (χ2v) is 6.67. The van der Waals surface area contributed by atoms with E-state index in [1.54, 1.807) is 0 Å². The number of likely N-dealkylation sites (tertiary alicyclic amines) is 1. The fourth-order valence-electron chi connectivity index (χ4n) is 3.29. The molecule has 1 unspecified atom stereocenters. The minimum Gasteiger partial charge on any atom is -0.355 e. The predicted molar refractivity (Wildman–Crippen MR) is 95.7 cm³/mol. The number of aliphatic imine (C=N–C) groups is 1. The Hall–Kier alpha value is -1.56. The Balaban J connectivity index is 1.75. The molecule has 0 spiro atoms. The van der Waals surface area contributed by atoms with Gasteiger partial charge in [-0.05, 0) is 39.2 Å². The summed E-state index contributed by atoms with van der Waals surface area (Å²) in [4.78, 5) is 6.86. The molecule has 1 aromatic rings. The maximum atomic E-state index is 4.45. The van der Waals surface area contributed by atoms with Crippen molar-refractivity contribution < 1.29 is 0 Å². The zero-order valence-electron chi connectivity index (χ0n) is 15.3. The van der Waals surface area contributed by atoms with E-state index in [4.69, 9.17) is 0 Å². The van der Waals surface area contributed by atoms with Gasteiger partial charge in [-0.3, -0.25) is 9.67 Å². The number of guanidine groups is 1. The van der Waals surface area contributed by atoms with Crippen molar-refractivity contribution in [1.29, 1.82) is 0 Å². The number of rotatable bonds is 5. The van der Waals surface area contributed by atoms with Crippen molar-refractivity contribution in [3.8, 4) is 0 Å².